The predicted molar refractivity (Wildman–Crippen MR) is 70.0 cm³/mol. The molecule has 0 saturated heterocycles. The molecule has 1 heterocycles. The summed E-state index contributed by atoms with van der Waals surface area (Å²) in [6.45, 7) is 0. The van der Waals surface area contributed by atoms with Crippen LogP contribution in [-0.4, -0.2) is 30.0 Å². The van der Waals surface area contributed by atoms with Gasteiger partial charge in [0.2, 0.25) is 0 Å². The minimum absolute atomic E-state index is 0.335. The average molecular weight is 270 g/mol. The molecule has 3 amide bonds. The monoisotopic (exact) mass is 270 g/mol. The number of amides is 3. The van der Waals surface area contributed by atoms with Crippen LogP contribution in [0.3, 0.4) is 0 Å². The van der Waals surface area contributed by atoms with Crippen LogP contribution in [0.1, 0.15) is 20.7 Å². The highest BCUT2D eigenvalue weighted by atomic mass is 16.7. The lowest BCUT2D eigenvalue weighted by Gasteiger charge is -2.24. The summed E-state index contributed by atoms with van der Waals surface area (Å²) in [5, 5.41) is 4.05. The molecule has 0 spiro atoms. The summed E-state index contributed by atoms with van der Waals surface area (Å²) >= 11 is 0. The number of nitrogens with zero attached hydrogens (tertiary/aromatic N) is 1. The zero-order valence-electron chi connectivity index (χ0n) is 10.5. The fourth-order valence-electron chi connectivity index (χ4n) is 2.22. The lowest BCUT2D eigenvalue weighted by atomic mass is 9.95. The highest BCUT2D eigenvalue weighted by Crippen LogP contribution is 2.29. The molecule has 0 bridgehead atoms. The molecule has 1 aliphatic rings. The van der Waals surface area contributed by atoms with E-state index in [0.29, 0.717) is 21.6 Å². The molecule has 6 heteroatoms. The maximum absolute atomic E-state index is 12.3. The van der Waals surface area contributed by atoms with E-state index in [0.717, 1.165) is 5.39 Å². The maximum atomic E-state index is 12.3. The molecule has 6 nitrogen and oxygen atoms in total. The summed E-state index contributed by atoms with van der Waals surface area (Å²) in [5.41, 5.74) is 0.670. The number of imide groups is 1. The number of hydrogen-bond acceptors (Lipinski definition) is 4. The highest BCUT2D eigenvalue weighted by Gasteiger charge is 2.35. The number of rotatable bonds is 1. The van der Waals surface area contributed by atoms with Crippen LogP contribution in [0.5, 0.6) is 0 Å². The minimum atomic E-state index is -0.877. The van der Waals surface area contributed by atoms with Crippen LogP contribution in [0, 0.1) is 0 Å². The Morgan fingerprint density at radius 2 is 1.60 bits per heavy atom. The van der Waals surface area contributed by atoms with Crippen molar-refractivity contribution in [1.29, 1.82) is 0 Å². The molecule has 0 unspecified atom stereocenters. The van der Waals surface area contributed by atoms with Crippen molar-refractivity contribution in [2.75, 3.05) is 7.05 Å². The Bertz CT molecular complexity index is 703. The average Bonchev–Trinajstić information content (AvgIpc) is 2.48. The Morgan fingerprint density at radius 1 is 1.05 bits per heavy atom. The van der Waals surface area contributed by atoms with Crippen molar-refractivity contribution in [1.82, 2.24) is 10.4 Å². The predicted octanol–water partition coefficient (Wildman–Crippen LogP) is 1.71. The zero-order valence-corrected chi connectivity index (χ0v) is 10.5. The van der Waals surface area contributed by atoms with Gasteiger partial charge in [0.25, 0.3) is 11.8 Å². The standard InChI is InChI=1S/C14H10N2O4/c1-15-14(19)20-16-12(17)9-6-2-4-8-5-3-7-10(11(8)9)13(16)18/h2-7H,1H3,(H,15,19). The van der Waals surface area contributed by atoms with Gasteiger partial charge in [0.1, 0.15) is 0 Å². The van der Waals surface area contributed by atoms with Gasteiger partial charge >= 0.3 is 6.09 Å². The summed E-state index contributed by atoms with van der Waals surface area (Å²) < 4.78 is 0. The Morgan fingerprint density at radius 3 is 2.10 bits per heavy atom. The van der Waals surface area contributed by atoms with Gasteiger partial charge in [-0.1, -0.05) is 29.3 Å². The van der Waals surface area contributed by atoms with E-state index in [1.807, 2.05) is 12.1 Å². The van der Waals surface area contributed by atoms with Gasteiger partial charge in [-0.2, -0.15) is 0 Å². The first-order valence-electron chi connectivity index (χ1n) is 5.93. The van der Waals surface area contributed by atoms with E-state index >= 15 is 0 Å². The first kappa shape index (κ1) is 12.2. The van der Waals surface area contributed by atoms with Crippen LogP contribution in [0.15, 0.2) is 36.4 Å². The first-order chi connectivity index (χ1) is 9.63. The Labute approximate surface area is 113 Å². The number of carbonyl (C=O) groups excluding carboxylic acids is 3. The second-order valence-corrected chi connectivity index (χ2v) is 4.24. The second-order valence-electron chi connectivity index (χ2n) is 4.24. The van der Waals surface area contributed by atoms with Crippen molar-refractivity contribution in [2.24, 2.45) is 0 Å². The van der Waals surface area contributed by atoms with Crippen molar-refractivity contribution in [3.8, 4) is 0 Å². The molecule has 1 aliphatic heterocycles. The molecular weight excluding hydrogens is 260 g/mol. The van der Waals surface area contributed by atoms with Crippen molar-refractivity contribution in [2.45, 2.75) is 0 Å². The maximum Gasteiger partial charge on any atom is 0.431 e. The molecule has 2 aromatic carbocycles. The Balaban J connectivity index is 2.19. The summed E-state index contributed by atoms with van der Waals surface area (Å²) in [7, 11) is 1.34. The number of carbonyl (C=O) groups is 3. The van der Waals surface area contributed by atoms with Gasteiger partial charge in [0.05, 0.1) is 11.1 Å². The van der Waals surface area contributed by atoms with Crippen LogP contribution >= 0.6 is 0 Å². The molecule has 0 aromatic heterocycles. The summed E-state index contributed by atoms with van der Waals surface area (Å²) in [6.07, 6.45) is -0.877. The van der Waals surface area contributed by atoms with Gasteiger partial charge in [-0.3, -0.25) is 9.59 Å². The number of hydrogen-bond donors (Lipinski definition) is 1. The smallest absolute Gasteiger partial charge is 0.323 e. The zero-order chi connectivity index (χ0) is 14.3. The molecule has 100 valence electrons. The van der Waals surface area contributed by atoms with Gasteiger partial charge in [-0.15, -0.1) is 0 Å². The highest BCUT2D eigenvalue weighted by molar-refractivity contribution is 6.25. The van der Waals surface area contributed by atoms with Gasteiger partial charge in [-0.05, 0) is 17.5 Å². The topological polar surface area (TPSA) is 75.7 Å². The normalized spacial score (nSPS) is 13.6. The van der Waals surface area contributed by atoms with Crippen molar-refractivity contribution in [3.63, 3.8) is 0 Å². The van der Waals surface area contributed by atoms with Crippen LogP contribution in [0.2, 0.25) is 0 Å². The van der Waals surface area contributed by atoms with E-state index in [1.165, 1.54) is 7.05 Å². The van der Waals surface area contributed by atoms with Gasteiger partial charge in [0.15, 0.2) is 0 Å². The summed E-state index contributed by atoms with van der Waals surface area (Å²) in [6, 6.07) is 10.3. The fraction of sp³-hybridized carbons (Fsp3) is 0.0714. The Hall–Kier alpha value is -2.89. The largest absolute Gasteiger partial charge is 0.431 e. The van der Waals surface area contributed by atoms with Gasteiger partial charge in [0, 0.05) is 12.4 Å². The molecule has 2 aromatic rings. The van der Waals surface area contributed by atoms with Crippen molar-refractivity contribution in [3.05, 3.63) is 47.5 Å². The third-order valence-electron chi connectivity index (χ3n) is 3.11. The molecule has 0 saturated carbocycles. The molecular formula is C14H10N2O4. The van der Waals surface area contributed by atoms with Crippen LogP contribution in [-0.2, 0) is 4.84 Å². The van der Waals surface area contributed by atoms with E-state index in [1.54, 1.807) is 24.3 Å². The van der Waals surface area contributed by atoms with E-state index in [2.05, 4.69) is 5.32 Å². The Kier molecular flexibility index (Phi) is 2.64. The second kappa shape index (κ2) is 4.34. The van der Waals surface area contributed by atoms with E-state index in [4.69, 9.17) is 4.84 Å². The lowest BCUT2D eigenvalue weighted by Crippen LogP contribution is -2.43. The molecule has 0 aliphatic carbocycles. The molecule has 1 N–H and O–H groups in total. The third kappa shape index (κ3) is 1.62. The third-order valence-corrected chi connectivity index (χ3v) is 3.11. The number of benzene rings is 2. The number of nitrogens with one attached hydrogen (secondary N) is 1. The number of hydroxylamine groups is 2. The fourth-order valence-corrected chi connectivity index (χ4v) is 2.22. The minimum Gasteiger partial charge on any atom is -0.323 e. The van der Waals surface area contributed by atoms with E-state index in [9.17, 15) is 14.4 Å². The van der Waals surface area contributed by atoms with Gasteiger partial charge in [-0.25, -0.2) is 4.79 Å². The van der Waals surface area contributed by atoms with Crippen LogP contribution < -0.4 is 5.32 Å². The molecule has 0 radical (unpaired) electrons. The molecule has 3 rings (SSSR count). The lowest BCUT2D eigenvalue weighted by molar-refractivity contribution is -0.0486. The summed E-state index contributed by atoms with van der Waals surface area (Å²) in [5.74, 6) is -1.30. The van der Waals surface area contributed by atoms with Crippen molar-refractivity contribution < 1.29 is 19.2 Å². The molecule has 20 heavy (non-hydrogen) atoms. The molecule has 0 fully saturated rings. The quantitative estimate of drug-likeness (QED) is 0.800. The van der Waals surface area contributed by atoms with E-state index < -0.39 is 17.9 Å². The first-order valence-corrected chi connectivity index (χ1v) is 5.93. The van der Waals surface area contributed by atoms with Crippen LogP contribution in [0.25, 0.3) is 10.8 Å². The molecule has 0 atom stereocenters. The SMILES string of the molecule is CNC(=O)ON1C(=O)c2cccc3cccc(c23)C1=O. The van der Waals surface area contributed by atoms with Crippen LogP contribution in [0.4, 0.5) is 4.79 Å². The summed E-state index contributed by atoms with van der Waals surface area (Å²) in [4.78, 5) is 40.5. The van der Waals surface area contributed by atoms with E-state index in [-0.39, 0.29) is 0 Å². The van der Waals surface area contributed by atoms with Crippen molar-refractivity contribution >= 4 is 28.7 Å². The van der Waals surface area contributed by atoms with Gasteiger partial charge < -0.3 is 10.2 Å².